The summed E-state index contributed by atoms with van der Waals surface area (Å²) in [5.74, 6) is -1.71. The lowest BCUT2D eigenvalue weighted by Gasteiger charge is -2.14. The van der Waals surface area contributed by atoms with Gasteiger partial charge in [-0.15, -0.1) is 5.10 Å². The molecule has 32 heavy (non-hydrogen) atoms. The number of halogens is 2. The standard InChI is InChI=1S/C23H21F2N5O2/c1-13-6-7-15(14-9-11-30-19(12-14)28-23(26)29-30)21(25)20(13)22(32)27-10-8-18(31)16-4-2-3-5-17(16)24/h2-7,9,11-12,18,31H,8,10H2,1H3,(H2,26,29)(H,27,32)/t18-/m1/s1. The lowest BCUT2D eigenvalue weighted by Crippen LogP contribution is -2.27. The molecule has 164 valence electrons. The van der Waals surface area contributed by atoms with Crippen molar-refractivity contribution in [3.8, 4) is 11.1 Å². The molecular formula is C23H21F2N5O2. The van der Waals surface area contributed by atoms with Crippen molar-refractivity contribution in [1.82, 2.24) is 19.9 Å². The van der Waals surface area contributed by atoms with Crippen molar-refractivity contribution in [2.45, 2.75) is 19.4 Å². The summed E-state index contributed by atoms with van der Waals surface area (Å²) in [4.78, 5) is 16.8. The Kier molecular flexibility index (Phi) is 5.83. The number of nitrogen functional groups attached to an aromatic ring is 1. The van der Waals surface area contributed by atoms with Crippen molar-refractivity contribution in [3.05, 3.63) is 83.1 Å². The number of hydrogen-bond acceptors (Lipinski definition) is 5. The number of hydrogen-bond donors (Lipinski definition) is 3. The van der Waals surface area contributed by atoms with Crippen molar-refractivity contribution in [3.63, 3.8) is 0 Å². The highest BCUT2D eigenvalue weighted by Crippen LogP contribution is 2.28. The number of aryl methyl sites for hydroxylation is 1. The van der Waals surface area contributed by atoms with Crippen molar-refractivity contribution in [2.24, 2.45) is 0 Å². The summed E-state index contributed by atoms with van der Waals surface area (Å²) in [6, 6.07) is 12.4. The molecule has 0 fully saturated rings. The van der Waals surface area contributed by atoms with Gasteiger partial charge < -0.3 is 16.2 Å². The number of anilines is 1. The highest BCUT2D eigenvalue weighted by atomic mass is 19.1. The van der Waals surface area contributed by atoms with Gasteiger partial charge in [0.15, 0.2) is 5.65 Å². The Bertz CT molecular complexity index is 1310. The second-order valence-corrected chi connectivity index (χ2v) is 7.39. The summed E-state index contributed by atoms with van der Waals surface area (Å²) in [5.41, 5.74) is 7.32. The number of benzene rings is 2. The summed E-state index contributed by atoms with van der Waals surface area (Å²) < 4.78 is 30.6. The van der Waals surface area contributed by atoms with Crippen LogP contribution in [0.3, 0.4) is 0 Å². The third-order valence-corrected chi connectivity index (χ3v) is 5.21. The zero-order chi connectivity index (χ0) is 22.8. The molecule has 0 unspecified atom stereocenters. The third kappa shape index (κ3) is 4.15. The van der Waals surface area contributed by atoms with Gasteiger partial charge in [0.25, 0.3) is 5.91 Å². The Morgan fingerprint density at radius 2 is 2.00 bits per heavy atom. The first-order valence-electron chi connectivity index (χ1n) is 9.97. The minimum Gasteiger partial charge on any atom is -0.388 e. The molecule has 0 radical (unpaired) electrons. The van der Waals surface area contributed by atoms with E-state index in [0.29, 0.717) is 16.8 Å². The highest BCUT2D eigenvalue weighted by Gasteiger charge is 2.20. The number of fused-ring (bicyclic) bond motifs is 1. The molecule has 4 aromatic rings. The average molecular weight is 437 g/mol. The van der Waals surface area contributed by atoms with E-state index in [9.17, 15) is 14.3 Å². The number of aromatic nitrogens is 3. The molecule has 1 amide bonds. The van der Waals surface area contributed by atoms with Crippen molar-refractivity contribution in [2.75, 3.05) is 12.3 Å². The van der Waals surface area contributed by atoms with Crippen molar-refractivity contribution in [1.29, 1.82) is 0 Å². The average Bonchev–Trinajstić information content (AvgIpc) is 3.13. The predicted octanol–water partition coefficient (Wildman–Crippen LogP) is 3.42. The van der Waals surface area contributed by atoms with E-state index in [4.69, 9.17) is 5.73 Å². The zero-order valence-corrected chi connectivity index (χ0v) is 17.2. The maximum absolute atomic E-state index is 15.4. The van der Waals surface area contributed by atoms with Gasteiger partial charge in [0, 0.05) is 23.9 Å². The number of aliphatic hydroxyl groups excluding tert-OH is 1. The van der Waals surface area contributed by atoms with Crippen LogP contribution in [0.5, 0.6) is 0 Å². The smallest absolute Gasteiger partial charge is 0.254 e. The Labute approximate surface area is 182 Å². The number of pyridine rings is 1. The number of rotatable bonds is 6. The molecule has 0 aliphatic rings. The maximum atomic E-state index is 15.4. The topological polar surface area (TPSA) is 106 Å². The number of amides is 1. The summed E-state index contributed by atoms with van der Waals surface area (Å²) in [7, 11) is 0. The van der Waals surface area contributed by atoms with Gasteiger partial charge in [0.1, 0.15) is 11.6 Å². The van der Waals surface area contributed by atoms with Crippen molar-refractivity contribution < 1.29 is 18.7 Å². The van der Waals surface area contributed by atoms with Crippen LogP contribution in [-0.2, 0) is 0 Å². The molecule has 7 nitrogen and oxygen atoms in total. The van der Waals surface area contributed by atoms with E-state index < -0.39 is 23.6 Å². The number of nitrogens with zero attached hydrogens (tertiary/aromatic N) is 3. The fraction of sp³-hybridized carbons (Fsp3) is 0.174. The van der Waals surface area contributed by atoms with E-state index in [-0.39, 0.29) is 35.6 Å². The van der Waals surface area contributed by atoms with Crippen LogP contribution in [-0.4, -0.2) is 32.2 Å². The minimum atomic E-state index is -1.09. The predicted molar refractivity (Wildman–Crippen MR) is 116 cm³/mol. The largest absolute Gasteiger partial charge is 0.388 e. The molecular weight excluding hydrogens is 416 g/mol. The fourth-order valence-corrected chi connectivity index (χ4v) is 3.55. The molecule has 2 aromatic heterocycles. The number of nitrogens with two attached hydrogens (primary N) is 1. The minimum absolute atomic E-state index is 0.0441. The van der Waals surface area contributed by atoms with Crippen LogP contribution in [0.4, 0.5) is 14.7 Å². The SMILES string of the molecule is Cc1ccc(-c2ccn3nc(N)nc3c2)c(F)c1C(=O)NCC[C@@H](O)c1ccccc1F. The number of aliphatic hydroxyl groups is 1. The van der Waals surface area contributed by atoms with Crippen LogP contribution in [0.15, 0.2) is 54.7 Å². The van der Waals surface area contributed by atoms with Crippen LogP contribution in [0.2, 0.25) is 0 Å². The normalized spacial score (nSPS) is 12.1. The van der Waals surface area contributed by atoms with Gasteiger partial charge in [-0.25, -0.2) is 13.3 Å². The molecule has 4 rings (SSSR count). The molecule has 4 N–H and O–H groups in total. The Morgan fingerprint density at radius 3 is 2.78 bits per heavy atom. The van der Waals surface area contributed by atoms with E-state index in [0.717, 1.165) is 0 Å². The van der Waals surface area contributed by atoms with Crippen molar-refractivity contribution >= 4 is 17.5 Å². The molecule has 0 aliphatic heterocycles. The molecule has 0 bridgehead atoms. The van der Waals surface area contributed by atoms with Crippen LogP contribution in [0.25, 0.3) is 16.8 Å². The monoisotopic (exact) mass is 437 g/mol. The summed E-state index contributed by atoms with van der Waals surface area (Å²) in [6.07, 6.45) is 0.603. The molecule has 2 aromatic carbocycles. The Morgan fingerprint density at radius 1 is 1.22 bits per heavy atom. The van der Waals surface area contributed by atoms with E-state index >= 15 is 4.39 Å². The molecule has 0 aliphatic carbocycles. The zero-order valence-electron chi connectivity index (χ0n) is 17.2. The molecule has 1 atom stereocenters. The first-order chi connectivity index (χ1) is 15.3. The summed E-state index contributed by atoms with van der Waals surface area (Å²) in [5, 5.41) is 16.8. The lowest BCUT2D eigenvalue weighted by molar-refractivity contribution is 0.0937. The van der Waals surface area contributed by atoms with E-state index in [1.54, 1.807) is 43.5 Å². The van der Waals surface area contributed by atoms with Gasteiger partial charge >= 0.3 is 0 Å². The number of nitrogens with one attached hydrogen (secondary N) is 1. The van der Waals surface area contributed by atoms with Gasteiger partial charge in [-0.3, -0.25) is 4.79 Å². The highest BCUT2D eigenvalue weighted by molar-refractivity contribution is 5.97. The first-order valence-corrected chi connectivity index (χ1v) is 9.97. The van der Waals surface area contributed by atoms with Crippen LogP contribution in [0.1, 0.15) is 34.0 Å². The Balaban J connectivity index is 1.52. The molecule has 0 saturated carbocycles. The van der Waals surface area contributed by atoms with Crippen LogP contribution < -0.4 is 11.1 Å². The van der Waals surface area contributed by atoms with Crippen LogP contribution in [0, 0.1) is 18.6 Å². The summed E-state index contributed by atoms with van der Waals surface area (Å²) in [6.45, 7) is 1.68. The Hall–Kier alpha value is -3.85. The molecule has 0 spiro atoms. The molecule has 9 heteroatoms. The van der Waals surface area contributed by atoms with Gasteiger partial charge in [0.2, 0.25) is 5.95 Å². The maximum Gasteiger partial charge on any atom is 0.254 e. The van der Waals surface area contributed by atoms with Gasteiger partial charge in [-0.05, 0) is 42.7 Å². The summed E-state index contributed by atoms with van der Waals surface area (Å²) >= 11 is 0. The quantitative estimate of drug-likeness (QED) is 0.429. The third-order valence-electron chi connectivity index (χ3n) is 5.21. The first kappa shape index (κ1) is 21.4. The molecule has 2 heterocycles. The number of carbonyl (C=O) groups is 1. The van der Waals surface area contributed by atoms with E-state index in [2.05, 4.69) is 15.4 Å². The van der Waals surface area contributed by atoms with Gasteiger partial charge in [-0.2, -0.15) is 4.98 Å². The van der Waals surface area contributed by atoms with E-state index in [1.807, 2.05) is 0 Å². The lowest BCUT2D eigenvalue weighted by atomic mass is 9.98. The van der Waals surface area contributed by atoms with Crippen LogP contribution >= 0.6 is 0 Å². The second kappa shape index (κ2) is 8.72. The van der Waals surface area contributed by atoms with Gasteiger partial charge in [0.05, 0.1) is 11.7 Å². The molecule has 0 saturated heterocycles. The van der Waals surface area contributed by atoms with E-state index in [1.165, 1.54) is 22.7 Å². The second-order valence-electron chi connectivity index (χ2n) is 7.39. The fourth-order valence-electron chi connectivity index (χ4n) is 3.55. The number of carbonyl (C=O) groups excluding carboxylic acids is 1. The van der Waals surface area contributed by atoms with Gasteiger partial charge in [-0.1, -0.05) is 30.3 Å².